The maximum atomic E-state index is 13.7. The summed E-state index contributed by atoms with van der Waals surface area (Å²) >= 11 is 0. The number of carboxylic acids is 1. The fourth-order valence-corrected chi connectivity index (χ4v) is 7.99. The first-order valence-corrected chi connectivity index (χ1v) is 11.4. The number of carboxylic acid groups (broad SMARTS) is 1. The van der Waals surface area contributed by atoms with Crippen LogP contribution in [-0.2, 0) is 19.2 Å². The molecule has 0 spiro atoms. The average molecular weight is 431 g/mol. The molecule has 7 unspecified atom stereocenters. The predicted molar refractivity (Wildman–Crippen MR) is 113 cm³/mol. The second-order valence-corrected chi connectivity index (χ2v) is 11.7. The van der Waals surface area contributed by atoms with Crippen LogP contribution in [0.25, 0.3) is 0 Å². The van der Waals surface area contributed by atoms with Crippen molar-refractivity contribution in [3.8, 4) is 0 Å². The minimum Gasteiger partial charge on any atom is -0.481 e. The van der Waals surface area contributed by atoms with E-state index in [4.69, 9.17) is 0 Å². The molecule has 0 aromatic rings. The average Bonchev–Trinajstić information content (AvgIpc) is 2.87. The number of carbonyl (C=O) groups is 4. The van der Waals surface area contributed by atoms with Gasteiger partial charge in [0.05, 0.1) is 17.4 Å². The summed E-state index contributed by atoms with van der Waals surface area (Å²) in [7, 11) is 0. The maximum Gasteiger partial charge on any atom is 0.306 e. The van der Waals surface area contributed by atoms with Crippen LogP contribution in [0.1, 0.15) is 73.6 Å². The molecule has 0 amide bonds. The molecule has 2 fully saturated rings. The Balaban J connectivity index is 1.95. The number of rotatable bonds is 2. The lowest BCUT2D eigenvalue weighted by Gasteiger charge is -2.60. The zero-order valence-corrected chi connectivity index (χ0v) is 19.4. The Morgan fingerprint density at radius 3 is 2.26 bits per heavy atom. The van der Waals surface area contributed by atoms with Gasteiger partial charge in [-0.3, -0.25) is 19.2 Å². The molecule has 31 heavy (non-hydrogen) atoms. The van der Waals surface area contributed by atoms with E-state index in [2.05, 4.69) is 0 Å². The van der Waals surface area contributed by atoms with Crippen molar-refractivity contribution in [3.05, 3.63) is 11.1 Å². The molecule has 0 heterocycles. The van der Waals surface area contributed by atoms with Crippen LogP contribution in [0, 0.1) is 39.4 Å². The molecule has 0 aromatic carbocycles. The van der Waals surface area contributed by atoms with Crippen LogP contribution in [0.15, 0.2) is 11.1 Å². The Morgan fingerprint density at radius 1 is 1.06 bits per heavy atom. The van der Waals surface area contributed by atoms with Crippen molar-refractivity contribution in [2.24, 2.45) is 39.4 Å². The van der Waals surface area contributed by atoms with Crippen molar-refractivity contribution in [3.63, 3.8) is 0 Å². The number of Topliss-reactive ketones (excluding diaryl/α,β-unsaturated/α-hetero) is 3. The van der Waals surface area contributed by atoms with E-state index in [0.29, 0.717) is 30.4 Å². The molecular formula is C25H34O6. The van der Waals surface area contributed by atoms with E-state index in [9.17, 15) is 29.4 Å². The van der Waals surface area contributed by atoms with Gasteiger partial charge in [0.25, 0.3) is 0 Å². The molecule has 170 valence electrons. The van der Waals surface area contributed by atoms with E-state index in [1.807, 2.05) is 34.6 Å². The van der Waals surface area contributed by atoms with Crippen LogP contribution >= 0.6 is 0 Å². The molecule has 4 rings (SSSR count). The van der Waals surface area contributed by atoms with E-state index >= 15 is 0 Å². The highest BCUT2D eigenvalue weighted by Crippen LogP contribution is 2.70. The number of aliphatic hydroxyl groups excluding tert-OH is 1. The molecule has 2 N–H and O–H groups in total. The van der Waals surface area contributed by atoms with Gasteiger partial charge in [-0.25, -0.2) is 0 Å². The second kappa shape index (κ2) is 6.37. The first-order valence-electron chi connectivity index (χ1n) is 11.4. The van der Waals surface area contributed by atoms with Gasteiger partial charge in [-0.2, -0.15) is 0 Å². The Kier molecular flexibility index (Phi) is 4.60. The molecular weight excluding hydrogens is 396 g/mol. The zero-order valence-electron chi connectivity index (χ0n) is 19.4. The largest absolute Gasteiger partial charge is 0.481 e. The van der Waals surface area contributed by atoms with Crippen LogP contribution in [0.2, 0.25) is 0 Å². The first kappa shape index (κ1) is 22.4. The summed E-state index contributed by atoms with van der Waals surface area (Å²) in [5.41, 5.74) is -2.11. The summed E-state index contributed by atoms with van der Waals surface area (Å²) in [4.78, 5) is 51.8. The monoisotopic (exact) mass is 430 g/mol. The quantitative estimate of drug-likeness (QED) is 0.695. The molecule has 6 nitrogen and oxygen atoms in total. The fraction of sp³-hybridized carbons (Fsp3) is 0.760. The Morgan fingerprint density at radius 2 is 1.68 bits per heavy atom. The fourth-order valence-electron chi connectivity index (χ4n) is 7.99. The molecule has 4 aliphatic rings. The Bertz CT molecular complexity index is 944. The highest BCUT2D eigenvalue weighted by atomic mass is 16.4. The molecule has 0 bridgehead atoms. The van der Waals surface area contributed by atoms with Crippen molar-refractivity contribution in [2.45, 2.75) is 79.8 Å². The van der Waals surface area contributed by atoms with Gasteiger partial charge in [0.1, 0.15) is 11.6 Å². The molecule has 0 saturated heterocycles. The molecule has 7 atom stereocenters. The third kappa shape index (κ3) is 2.48. The number of allylic oxidation sites excluding steroid dienone is 1. The van der Waals surface area contributed by atoms with Crippen molar-refractivity contribution in [2.75, 3.05) is 0 Å². The standard InChI is InChI=1S/C25H34O6/c1-12(21(30)31)13-9-18(29)25(6)20-14(26)10-16-22(2,3)17(28)7-8-23(16,4)19(20)15(27)11-24(13,25)5/h12-14,16,26H,7-11H2,1-6H3,(H,30,31). The maximum absolute atomic E-state index is 13.7. The van der Waals surface area contributed by atoms with Crippen LogP contribution in [-0.4, -0.2) is 39.6 Å². The third-order valence-corrected chi connectivity index (χ3v) is 10.1. The Labute approximate surface area is 183 Å². The van der Waals surface area contributed by atoms with Crippen molar-refractivity contribution >= 4 is 23.3 Å². The number of ketones is 3. The topological polar surface area (TPSA) is 109 Å². The van der Waals surface area contributed by atoms with Gasteiger partial charge in [-0.1, -0.05) is 34.6 Å². The number of carbonyl (C=O) groups excluding carboxylic acids is 3. The summed E-state index contributed by atoms with van der Waals surface area (Å²) in [5.74, 6) is -2.41. The van der Waals surface area contributed by atoms with Crippen molar-refractivity contribution in [1.82, 2.24) is 0 Å². The number of aliphatic carboxylic acids is 1. The number of aliphatic hydroxyl groups is 1. The summed E-state index contributed by atoms with van der Waals surface area (Å²) in [5, 5.41) is 21.0. The molecule has 0 aliphatic heterocycles. The van der Waals surface area contributed by atoms with Gasteiger partial charge in [0.15, 0.2) is 5.78 Å². The van der Waals surface area contributed by atoms with Gasteiger partial charge >= 0.3 is 5.97 Å². The lowest BCUT2D eigenvalue weighted by atomic mass is 9.42. The lowest BCUT2D eigenvalue weighted by Crippen LogP contribution is -2.60. The molecule has 0 radical (unpaired) electrons. The summed E-state index contributed by atoms with van der Waals surface area (Å²) in [6.07, 6.45) is 0.448. The van der Waals surface area contributed by atoms with E-state index in [-0.39, 0.29) is 36.1 Å². The summed E-state index contributed by atoms with van der Waals surface area (Å²) < 4.78 is 0. The predicted octanol–water partition coefficient (Wildman–Crippen LogP) is 3.35. The van der Waals surface area contributed by atoms with Crippen LogP contribution in [0.4, 0.5) is 0 Å². The summed E-state index contributed by atoms with van der Waals surface area (Å²) in [6, 6.07) is 0. The van der Waals surface area contributed by atoms with Crippen molar-refractivity contribution in [1.29, 1.82) is 0 Å². The van der Waals surface area contributed by atoms with Gasteiger partial charge in [-0.15, -0.1) is 0 Å². The molecule has 2 saturated carbocycles. The van der Waals surface area contributed by atoms with Gasteiger partial charge in [0.2, 0.25) is 0 Å². The lowest BCUT2D eigenvalue weighted by molar-refractivity contribution is -0.149. The van der Waals surface area contributed by atoms with E-state index in [1.54, 1.807) is 6.92 Å². The van der Waals surface area contributed by atoms with Gasteiger partial charge in [0, 0.05) is 35.7 Å². The summed E-state index contributed by atoms with van der Waals surface area (Å²) in [6.45, 7) is 11.1. The van der Waals surface area contributed by atoms with Crippen molar-refractivity contribution < 1.29 is 29.4 Å². The van der Waals surface area contributed by atoms with Crippen LogP contribution in [0.3, 0.4) is 0 Å². The SMILES string of the molecule is CC(C(=O)O)C1CC(=O)C2(C)C3=C(C(=O)CC12C)C1(C)CCC(=O)C(C)(C)C1CC3O. The van der Waals surface area contributed by atoms with Gasteiger partial charge < -0.3 is 10.2 Å². The second-order valence-electron chi connectivity index (χ2n) is 11.7. The minimum absolute atomic E-state index is 0.0830. The highest BCUT2D eigenvalue weighted by molar-refractivity contribution is 6.05. The third-order valence-electron chi connectivity index (χ3n) is 10.1. The van der Waals surface area contributed by atoms with E-state index in [0.717, 1.165) is 0 Å². The first-order chi connectivity index (χ1) is 14.1. The minimum atomic E-state index is -1.08. The van der Waals surface area contributed by atoms with E-state index < -0.39 is 45.6 Å². The number of hydrogen-bond donors (Lipinski definition) is 2. The normalized spacial score (nSPS) is 45.1. The molecule has 6 heteroatoms. The smallest absolute Gasteiger partial charge is 0.306 e. The van der Waals surface area contributed by atoms with E-state index in [1.165, 1.54) is 0 Å². The van der Waals surface area contributed by atoms with Gasteiger partial charge in [-0.05, 0) is 42.6 Å². The highest BCUT2D eigenvalue weighted by Gasteiger charge is 2.70. The number of hydrogen-bond acceptors (Lipinski definition) is 5. The Hall–Kier alpha value is -1.82. The number of fused-ring (bicyclic) bond motifs is 4. The zero-order chi connectivity index (χ0) is 23.3. The molecule has 0 aromatic heterocycles. The van der Waals surface area contributed by atoms with Crippen LogP contribution < -0.4 is 0 Å². The molecule has 4 aliphatic carbocycles. The van der Waals surface area contributed by atoms with Crippen LogP contribution in [0.5, 0.6) is 0 Å².